The first-order valence-electron chi connectivity index (χ1n) is 7.49. The maximum Gasteiger partial charge on any atom is 0.194 e. The summed E-state index contributed by atoms with van der Waals surface area (Å²) in [7, 11) is 0. The van der Waals surface area contributed by atoms with E-state index in [1.807, 2.05) is 18.2 Å². The monoisotopic (exact) mass is 278 g/mol. The third kappa shape index (κ3) is 2.11. The molecule has 0 spiro atoms. The van der Waals surface area contributed by atoms with Gasteiger partial charge < -0.3 is 0 Å². The fourth-order valence-electron chi connectivity index (χ4n) is 3.13. The molecule has 0 radical (unpaired) electrons. The van der Waals surface area contributed by atoms with Gasteiger partial charge in [0, 0.05) is 22.3 Å². The van der Waals surface area contributed by atoms with E-state index in [-0.39, 0.29) is 11.6 Å². The van der Waals surface area contributed by atoms with Crippen molar-refractivity contribution in [2.75, 3.05) is 0 Å². The van der Waals surface area contributed by atoms with Crippen molar-refractivity contribution in [1.82, 2.24) is 0 Å². The van der Waals surface area contributed by atoms with Crippen LogP contribution in [0.15, 0.2) is 42.5 Å². The third-order valence-corrected chi connectivity index (χ3v) is 4.41. The number of ketones is 2. The molecule has 1 aliphatic rings. The van der Waals surface area contributed by atoms with Crippen molar-refractivity contribution >= 4 is 11.6 Å². The van der Waals surface area contributed by atoms with Gasteiger partial charge in [-0.15, -0.1) is 0 Å². The van der Waals surface area contributed by atoms with E-state index in [4.69, 9.17) is 0 Å². The number of hydrogen-bond donors (Lipinski definition) is 0. The lowest BCUT2D eigenvalue weighted by Gasteiger charge is -2.20. The lowest BCUT2D eigenvalue weighted by Crippen LogP contribution is -2.21. The quantitative estimate of drug-likeness (QED) is 0.713. The third-order valence-electron chi connectivity index (χ3n) is 4.41. The van der Waals surface area contributed by atoms with Gasteiger partial charge in [0.05, 0.1) is 0 Å². The SMILES string of the molecule is CCC(CC)c1ccc2c(c1)C(=O)c1ccccc1C2=O. The topological polar surface area (TPSA) is 34.1 Å². The zero-order chi connectivity index (χ0) is 15.0. The molecular weight excluding hydrogens is 260 g/mol. The summed E-state index contributed by atoms with van der Waals surface area (Å²) >= 11 is 0. The molecule has 106 valence electrons. The summed E-state index contributed by atoms with van der Waals surface area (Å²) in [5.74, 6) is 0.361. The minimum atomic E-state index is -0.0451. The first-order chi connectivity index (χ1) is 10.2. The van der Waals surface area contributed by atoms with Gasteiger partial charge >= 0.3 is 0 Å². The highest BCUT2D eigenvalue weighted by Crippen LogP contribution is 2.31. The van der Waals surface area contributed by atoms with Crippen molar-refractivity contribution in [2.24, 2.45) is 0 Å². The average Bonchev–Trinajstić information content (AvgIpc) is 2.54. The van der Waals surface area contributed by atoms with Crippen molar-refractivity contribution in [1.29, 1.82) is 0 Å². The number of carbonyl (C=O) groups excluding carboxylic acids is 2. The van der Waals surface area contributed by atoms with E-state index in [1.165, 1.54) is 0 Å². The Hall–Kier alpha value is -2.22. The van der Waals surface area contributed by atoms with Crippen molar-refractivity contribution in [2.45, 2.75) is 32.6 Å². The van der Waals surface area contributed by atoms with Crippen LogP contribution in [-0.2, 0) is 0 Å². The second-order valence-electron chi connectivity index (χ2n) is 5.52. The van der Waals surface area contributed by atoms with Gasteiger partial charge in [-0.05, 0) is 30.4 Å². The van der Waals surface area contributed by atoms with Gasteiger partial charge in [0.2, 0.25) is 0 Å². The highest BCUT2D eigenvalue weighted by atomic mass is 16.1. The van der Waals surface area contributed by atoms with E-state index in [9.17, 15) is 9.59 Å². The normalized spacial score (nSPS) is 13.3. The van der Waals surface area contributed by atoms with E-state index in [0.29, 0.717) is 28.2 Å². The van der Waals surface area contributed by atoms with E-state index in [0.717, 1.165) is 18.4 Å². The summed E-state index contributed by atoms with van der Waals surface area (Å²) in [5.41, 5.74) is 3.29. The number of carbonyl (C=O) groups is 2. The van der Waals surface area contributed by atoms with Crippen LogP contribution in [0.2, 0.25) is 0 Å². The molecule has 0 bridgehead atoms. The van der Waals surface area contributed by atoms with E-state index in [2.05, 4.69) is 13.8 Å². The molecule has 2 aromatic carbocycles. The molecule has 3 rings (SSSR count). The fourth-order valence-corrected chi connectivity index (χ4v) is 3.13. The van der Waals surface area contributed by atoms with Crippen LogP contribution in [0.25, 0.3) is 0 Å². The Bertz CT molecular complexity index is 724. The van der Waals surface area contributed by atoms with Crippen LogP contribution in [0.5, 0.6) is 0 Å². The molecule has 2 aromatic rings. The van der Waals surface area contributed by atoms with Gasteiger partial charge in [-0.1, -0.05) is 50.2 Å². The van der Waals surface area contributed by atoms with Crippen LogP contribution in [0.1, 0.15) is 70.0 Å². The minimum absolute atomic E-state index is 0.0343. The summed E-state index contributed by atoms with van der Waals surface area (Å²) in [6.45, 7) is 4.30. The molecule has 2 nitrogen and oxygen atoms in total. The average molecular weight is 278 g/mol. The fraction of sp³-hybridized carbons (Fsp3) is 0.263. The lowest BCUT2D eigenvalue weighted by molar-refractivity contribution is 0.0979. The lowest BCUT2D eigenvalue weighted by atomic mass is 9.81. The number of fused-ring (bicyclic) bond motifs is 2. The van der Waals surface area contributed by atoms with Crippen molar-refractivity contribution in [3.63, 3.8) is 0 Å². The molecule has 0 heterocycles. The van der Waals surface area contributed by atoms with Crippen LogP contribution in [0.4, 0.5) is 0 Å². The second-order valence-corrected chi connectivity index (χ2v) is 5.52. The highest BCUT2D eigenvalue weighted by Gasteiger charge is 2.29. The highest BCUT2D eigenvalue weighted by molar-refractivity contribution is 6.28. The molecular formula is C19H18O2. The van der Waals surface area contributed by atoms with Gasteiger partial charge in [-0.3, -0.25) is 9.59 Å². The van der Waals surface area contributed by atoms with Gasteiger partial charge in [0.15, 0.2) is 11.6 Å². The standard InChI is InChI=1S/C19H18O2/c1-3-12(4-2)13-9-10-16-17(11-13)19(21)15-8-6-5-7-14(15)18(16)20/h5-12H,3-4H2,1-2H3. The summed E-state index contributed by atoms with van der Waals surface area (Å²) in [6, 6.07) is 12.8. The Labute approximate surface area is 124 Å². The number of hydrogen-bond acceptors (Lipinski definition) is 2. The van der Waals surface area contributed by atoms with Crippen LogP contribution in [0.3, 0.4) is 0 Å². The Balaban J connectivity index is 2.15. The van der Waals surface area contributed by atoms with Gasteiger partial charge in [0.25, 0.3) is 0 Å². The number of benzene rings is 2. The molecule has 0 amide bonds. The van der Waals surface area contributed by atoms with Gasteiger partial charge in [-0.2, -0.15) is 0 Å². The molecule has 0 saturated heterocycles. The predicted molar refractivity (Wildman–Crippen MR) is 83.1 cm³/mol. The van der Waals surface area contributed by atoms with Gasteiger partial charge in [0.1, 0.15) is 0 Å². The maximum absolute atomic E-state index is 12.7. The molecule has 1 aliphatic carbocycles. The largest absolute Gasteiger partial charge is 0.289 e. The first kappa shape index (κ1) is 13.7. The minimum Gasteiger partial charge on any atom is -0.289 e. The summed E-state index contributed by atoms with van der Waals surface area (Å²) < 4.78 is 0. The van der Waals surface area contributed by atoms with Crippen LogP contribution in [0, 0.1) is 0 Å². The molecule has 0 saturated carbocycles. The van der Waals surface area contributed by atoms with Crippen molar-refractivity contribution in [3.05, 3.63) is 70.3 Å². The molecule has 0 unspecified atom stereocenters. The molecule has 0 N–H and O–H groups in total. The molecule has 0 aromatic heterocycles. The molecule has 2 heteroatoms. The van der Waals surface area contributed by atoms with Crippen molar-refractivity contribution in [3.8, 4) is 0 Å². The summed E-state index contributed by atoms with van der Waals surface area (Å²) in [6.07, 6.45) is 2.07. The predicted octanol–water partition coefficient (Wildman–Crippen LogP) is 4.37. The van der Waals surface area contributed by atoms with Crippen LogP contribution in [-0.4, -0.2) is 11.6 Å². The summed E-state index contributed by atoms with van der Waals surface area (Å²) in [4.78, 5) is 25.2. The van der Waals surface area contributed by atoms with Crippen LogP contribution < -0.4 is 0 Å². The van der Waals surface area contributed by atoms with E-state index in [1.54, 1.807) is 24.3 Å². The van der Waals surface area contributed by atoms with E-state index >= 15 is 0 Å². The zero-order valence-electron chi connectivity index (χ0n) is 12.3. The smallest absolute Gasteiger partial charge is 0.194 e. The maximum atomic E-state index is 12.7. The van der Waals surface area contributed by atoms with Gasteiger partial charge in [-0.25, -0.2) is 0 Å². The van der Waals surface area contributed by atoms with Crippen molar-refractivity contribution < 1.29 is 9.59 Å². The molecule has 0 fully saturated rings. The Morgan fingerprint density at radius 3 is 1.86 bits per heavy atom. The number of rotatable bonds is 3. The molecule has 0 atom stereocenters. The Kier molecular flexibility index (Phi) is 3.46. The Morgan fingerprint density at radius 2 is 1.29 bits per heavy atom. The molecule has 21 heavy (non-hydrogen) atoms. The molecule has 0 aliphatic heterocycles. The Morgan fingerprint density at radius 1 is 0.762 bits per heavy atom. The second kappa shape index (κ2) is 5.28. The van der Waals surface area contributed by atoms with Crippen LogP contribution >= 0.6 is 0 Å². The van der Waals surface area contributed by atoms with E-state index < -0.39 is 0 Å². The summed E-state index contributed by atoms with van der Waals surface area (Å²) in [5, 5.41) is 0. The first-order valence-corrected chi connectivity index (χ1v) is 7.49. The zero-order valence-corrected chi connectivity index (χ0v) is 12.3.